The van der Waals surface area contributed by atoms with Crippen LogP contribution in [0.2, 0.25) is 0 Å². The summed E-state index contributed by atoms with van der Waals surface area (Å²) in [6.45, 7) is 0. The summed E-state index contributed by atoms with van der Waals surface area (Å²) < 4.78 is 11.0. The molecule has 0 spiro atoms. The highest BCUT2D eigenvalue weighted by molar-refractivity contribution is 6.17. The minimum Gasteiger partial charge on any atom is -0.456 e. The van der Waals surface area contributed by atoms with Crippen LogP contribution >= 0.6 is 0 Å². The Morgan fingerprint density at radius 2 is 1.06 bits per heavy atom. The molecule has 4 heteroatoms. The standard InChI is InChI=1S/C43H25N3O/c44-26-28-12-10-21-39(46-37-19-6-1-14-30(37)31-15-2-7-20-38(31)46)43(28)27-11-9-13-29(23-27)45-36-18-5-3-16-32(36)34-24-35-33-17-4-8-22-41(33)47-42(35)25-40(34)45/h1-25H. The Labute approximate surface area is 269 Å². The third-order valence-corrected chi connectivity index (χ3v) is 9.55. The normalized spacial score (nSPS) is 11.8. The Hall–Kier alpha value is -6.57. The fraction of sp³-hybridized carbons (Fsp3) is 0. The van der Waals surface area contributed by atoms with Crippen molar-refractivity contribution in [1.29, 1.82) is 5.26 Å². The van der Waals surface area contributed by atoms with E-state index in [2.05, 4.69) is 143 Å². The number of hydrogen-bond donors (Lipinski definition) is 0. The lowest BCUT2D eigenvalue weighted by Gasteiger charge is -2.17. The predicted octanol–water partition coefficient (Wildman–Crippen LogP) is 11.3. The summed E-state index contributed by atoms with van der Waals surface area (Å²) in [7, 11) is 0. The summed E-state index contributed by atoms with van der Waals surface area (Å²) in [4.78, 5) is 0. The summed E-state index contributed by atoms with van der Waals surface area (Å²) in [5, 5.41) is 17.4. The maximum Gasteiger partial charge on any atom is 0.137 e. The summed E-state index contributed by atoms with van der Waals surface area (Å²) in [5.74, 6) is 0. The first-order chi connectivity index (χ1) is 23.3. The highest BCUT2D eigenvalue weighted by Gasteiger charge is 2.20. The van der Waals surface area contributed by atoms with E-state index in [0.29, 0.717) is 5.56 Å². The summed E-state index contributed by atoms with van der Waals surface area (Å²) in [6.07, 6.45) is 0. The molecule has 0 aliphatic heterocycles. The van der Waals surface area contributed by atoms with E-state index in [4.69, 9.17) is 4.42 Å². The molecular weight excluding hydrogens is 574 g/mol. The molecule has 0 atom stereocenters. The number of nitrogens with zero attached hydrogens (tertiary/aromatic N) is 3. The molecule has 0 fully saturated rings. The first-order valence-electron chi connectivity index (χ1n) is 15.8. The van der Waals surface area contributed by atoms with Crippen molar-refractivity contribution in [2.45, 2.75) is 0 Å². The number of nitriles is 1. The van der Waals surface area contributed by atoms with Gasteiger partial charge >= 0.3 is 0 Å². The molecule has 0 radical (unpaired) electrons. The van der Waals surface area contributed by atoms with Crippen molar-refractivity contribution in [3.05, 3.63) is 157 Å². The van der Waals surface area contributed by atoms with Crippen molar-refractivity contribution in [3.8, 4) is 28.6 Å². The van der Waals surface area contributed by atoms with Crippen LogP contribution < -0.4 is 0 Å². The van der Waals surface area contributed by atoms with Gasteiger partial charge in [0.05, 0.1) is 39.4 Å². The molecule has 0 amide bonds. The van der Waals surface area contributed by atoms with Gasteiger partial charge in [-0.15, -0.1) is 0 Å². The number of aromatic nitrogens is 2. The molecule has 0 saturated carbocycles. The quantitative estimate of drug-likeness (QED) is 0.203. The van der Waals surface area contributed by atoms with Gasteiger partial charge in [0.2, 0.25) is 0 Å². The van der Waals surface area contributed by atoms with Gasteiger partial charge in [-0.3, -0.25) is 0 Å². The number of benzene rings is 7. The van der Waals surface area contributed by atoms with Crippen molar-refractivity contribution in [1.82, 2.24) is 9.13 Å². The van der Waals surface area contributed by atoms with E-state index in [0.717, 1.165) is 66.5 Å². The maximum atomic E-state index is 10.4. The number of para-hydroxylation sites is 4. The largest absolute Gasteiger partial charge is 0.456 e. The number of hydrogen-bond acceptors (Lipinski definition) is 2. The molecule has 0 aliphatic rings. The zero-order chi connectivity index (χ0) is 31.1. The smallest absolute Gasteiger partial charge is 0.137 e. The van der Waals surface area contributed by atoms with Crippen LogP contribution in [0.1, 0.15) is 5.56 Å². The minimum absolute atomic E-state index is 0.632. The topological polar surface area (TPSA) is 46.8 Å². The van der Waals surface area contributed by atoms with Gasteiger partial charge in [-0.1, -0.05) is 91.0 Å². The molecule has 0 aliphatic carbocycles. The van der Waals surface area contributed by atoms with Gasteiger partial charge in [-0.05, 0) is 60.2 Å². The van der Waals surface area contributed by atoms with E-state index < -0.39 is 0 Å². The maximum absolute atomic E-state index is 10.4. The highest BCUT2D eigenvalue weighted by atomic mass is 16.3. The van der Waals surface area contributed by atoms with Gasteiger partial charge in [0.1, 0.15) is 11.2 Å². The Morgan fingerprint density at radius 1 is 0.447 bits per heavy atom. The second-order valence-electron chi connectivity index (χ2n) is 12.0. The van der Waals surface area contributed by atoms with Crippen molar-refractivity contribution in [2.24, 2.45) is 0 Å². The summed E-state index contributed by atoms with van der Waals surface area (Å²) in [6, 6.07) is 55.3. The molecule has 10 aromatic rings. The van der Waals surface area contributed by atoms with Gasteiger partial charge in [0.15, 0.2) is 0 Å². The number of fused-ring (bicyclic) bond motifs is 9. The highest BCUT2D eigenvalue weighted by Crippen LogP contribution is 2.41. The fourth-order valence-electron chi connectivity index (χ4n) is 7.57. The third kappa shape index (κ3) is 3.63. The Morgan fingerprint density at radius 3 is 1.79 bits per heavy atom. The average molecular weight is 600 g/mol. The van der Waals surface area contributed by atoms with Crippen LogP contribution in [0.5, 0.6) is 0 Å². The van der Waals surface area contributed by atoms with Crippen LogP contribution in [0.15, 0.2) is 156 Å². The molecular formula is C43H25N3O. The van der Waals surface area contributed by atoms with Gasteiger partial charge < -0.3 is 13.6 Å². The van der Waals surface area contributed by atoms with Gasteiger partial charge in [-0.2, -0.15) is 5.26 Å². The van der Waals surface area contributed by atoms with E-state index in [1.54, 1.807) is 0 Å². The Bertz CT molecular complexity index is 2880. The van der Waals surface area contributed by atoms with E-state index in [-0.39, 0.29) is 0 Å². The van der Waals surface area contributed by atoms with Crippen LogP contribution in [0.4, 0.5) is 0 Å². The summed E-state index contributed by atoms with van der Waals surface area (Å²) >= 11 is 0. The van der Waals surface area contributed by atoms with Crippen LogP contribution in [-0.2, 0) is 0 Å². The molecule has 4 nitrogen and oxygen atoms in total. The second kappa shape index (κ2) is 9.71. The SMILES string of the molecule is N#Cc1cccc(-n2c3ccccc3c3ccccc32)c1-c1cccc(-n2c3ccccc3c3cc4c(cc32)oc2ccccc24)c1. The van der Waals surface area contributed by atoms with E-state index in [1.807, 2.05) is 24.3 Å². The zero-order valence-electron chi connectivity index (χ0n) is 25.2. The van der Waals surface area contributed by atoms with E-state index >= 15 is 0 Å². The van der Waals surface area contributed by atoms with Crippen molar-refractivity contribution in [2.75, 3.05) is 0 Å². The Kier molecular flexibility index (Phi) is 5.32. The van der Waals surface area contributed by atoms with E-state index in [1.165, 1.54) is 21.5 Å². The van der Waals surface area contributed by atoms with E-state index in [9.17, 15) is 5.26 Å². The zero-order valence-corrected chi connectivity index (χ0v) is 25.2. The van der Waals surface area contributed by atoms with Crippen LogP contribution in [0.3, 0.4) is 0 Å². The molecule has 0 bridgehead atoms. The molecule has 10 rings (SSSR count). The average Bonchev–Trinajstić information content (AvgIpc) is 3.77. The molecule has 7 aromatic carbocycles. The predicted molar refractivity (Wildman–Crippen MR) is 193 cm³/mol. The van der Waals surface area contributed by atoms with Crippen molar-refractivity contribution >= 4 is 65.6 Å². The van der Waals surface area contributed by atoms with Crippen LogP contribution in [0.25, 0.3) is 88.1 Å². The summed E-state index contributed by atoms with van der Waals surface area (Å²) in [5.41, 5.74) is 10.7. The lowest BCUT2D eigenvalue weighted by atomic mass is 9.97. The van der Waals surface area contributed by atoms with Crippen LogP contribution in [0, 0.1) is 11.3 Å². The molecule has 3 heterocycles. The third-order valence-electron chi connectivity index (χ3n) is 9.55. The van der Waals surface area contributed by atoms with Gasteiger partial charge in [0, 0.05) is 49.6 Å². The fourth-order valence-corrected chi connectivity index (χ4v) is 7.57. The number of furan rings is 1. The molecule has 0 unspecified atom stereocenters. The molecule has 218 valence electrons. The minimum atomic E-state index is 0.632. The first kappa shape index (κ1) is 25.7. The molecule has 0 N–H and O–H groups in total. The lowest BCUT2D eigenvalue weighted by molar-refractivity contribution is 0.669. The van der Waals surface area contributed by atoms with Crippen molar-refractivity contribution < 1.29 is 4.42 Å². The van der Waals surface area contributed by atoms with Crippen LogP contribution in [-0.4, -0.2) is 9.13 Å². The molecule has 47 heavy (non-hydrogen) atoms. The van der Waals surface area contributed by atoms with Crippen molar-refractivity contribution in [3.63, 3.8) is 0 Å². The second-order valence-corrected chi connectivity index (χ2v) is 12.0. The molecule has 0 saturated heterocycles. The Balaban J connectivity index is 1.25. The monoisotopic (exact) mass is 599 g/mol. The molecule has 3 aromatic heterocycles. The van der Waals surface area contributed by atoms with Gasteiger partial charge in [-0.25, -0.2) is 0 Å². The van der Waals surface area contributed by atoms with Gasteiger partial charge in [0.25, 0.3) is 0 Å². The lowest BCUT2D eigenvalue weighted by Crippen LogP contribution is -2.00. The number of rotatable bonds is 3. The first-order valence-corrected chi connectivity index (χ1v) is 15.8.